The average molecular weight is 440 g/mol. The van der Waals surface area contributed by atoms with Gasteiger partial charge in [0, 0.05) is 42.8 Å². The molecule has 5 rings (SSSR count). The molecule has 2 fully saturated rings. The van der Waals surface area contributed by atoms with Gasteiger partial charge in [-0.1, -0.05) is 37.1 Å². The molecule has 2 heterocycles. The van der Waals surface area contributed by atoms with Crippen molar-refractivity contribution in [2.45, 2.75) is 50.6 Å². The Morgan fingerprint density at radius 2 is 1.61 bits per heavy atom. The molecule has 1 saturated heterocycles. The molecule has 164 valence electrons. The van der Waals surface area contributed by atoms with E-state index in [0.717, 1.165) is 60.8 Å². The van der Waals surface area contributed by atoms with Gasteiger partial charge in [0.1, 0.15) is 0 Å². The van der Waals surface area contributed by atoms with Crippen molar-refractivity contribution in [3.05, 3.63) is 59.2 Å². The number of hydrogen-bond acceptors (Lipinski definition) is 3. The Morgan fingerprint density at radius 3 is 2.32 bits per heavy atom. The quantitative estimate of drug-likeness (QED) is 0.785. The first kappa shape index (κ1) is 21.8. The predicted octanol–water partition coefficient (Wildman–Crippen LogP) is 3.89. The minimum absolute atomic E-state index is 0. The highest BCUT2D eigenvalue weighted by Crippen LogP contribution is 2.31. The lowest BCUT2D eigenvalue weighted by atomic mass is 9.93. The van der Waals surface area contributed by atoms with E-state index >= 15 is 0 Å². The van der Waals surface area contributed by atoms with E-state index in [0.29, 0.717) is 11.6 Å². The Bertz CT molecular complexity index is 969. The number of carbonyl (C=O) groups is 2. The van der Waals surface area contributed by atoms with Crippen molar-refractivity contribution in [1.29, 1.82) is 0 Å². The van der Waals surface area contributed by atoms with Crippen molar-refractivity contribution in [1.82, 2.24) is 9.80 Å². The number of amides is 2. The maximum absolute atomic E-state index is 13.3. The molecule has 0 spiro atoms. The topological polar surface area (TPSA) is 66.6 Å². The van der Waals surface area contributed by atoms with Gasteiger partial charge < -0.3 is 10.6 Å². The number of benzene rings is 2. The zero-order valence-corrected chi connectivity index (χ0v) is 18.6. The van der Waals surface area contributed by atoms with Crippen LogP contribution in [0.1, 0.15) is 58.4 Å². The Hall–Kier alpha value is -2.37. The van der Waals surface area contributed by atoms with Crippen LogP contribution in [-0.4, -0.2) is 53.3 Å². The molecule has 1 unspecified atom stereocenters. The molecular weight excluding hydrogens is 410 g/mol. The van der Waals surface area contributed by atoms with E-state index in [9.17, 15) is 9.59 Å². The number of halogens is 1. The van der Waals surface area contributed by atoms with E-state index < -0.39 is 5.91 Å². The summed E-state index contributed by atoms with van der Waals surface area (Å²) < 4.78 is 0. The number of primary amides is 1. The smallest absolute Gasteiger partial charge is 0.254 e. The lowest BCUT2D eigenvalue weighted by molar-refractivity contribution is 0.0658. The van der Waals surface area contributed by atoms with Crippen LogP contribution in [0.25, 0.3) is 11.1 Å². The first-order chi connectivity index (χ1) is 14.6. The fourth-order valence-electron chi connectivity index (χ4n) is 5.48. The van der Waals surface area contributed by atoms with Crippen LogP contribution >= 0.6 is 12.4 Å². The van der Waals surface area contributed by atoms with E-state index in [4.69, 9.17) is 5.73 Å². The fraction of sp³-hybridized carbons (Fsp3) is 0.440. The molecule has 6 heteroatoms. The molecule has 3 aliphatic rings. The Balaban J connectivity index is 0.00000231. The lowest BCUT2D eigenvalue weighted by Gasteiger charge is -2.34. The summed E-state index contributed by atoms with van der Waals surface area (Å²) in [6.07, 6.45) is 7.36. The van der Waals surface area contributed by atoms with Gasteiger partial charge >= 0.3 is 0 Å². The number of likely N-dealkylation sites (tertiary alicyclic amines) is 1. The van der Waals surface area contributed by atoms with E-state index in [1.54, 1.807) is 12.1 Å². The van der Waals surface area contributed by atoms with Crippen molar-refractivity contribution in [3.63, 3.8) is 0 Å². The fourth-order valence-corrected chi connectivity index (χ4v) is 5.48. The SMILES string of the molecule is Cl.NC(=O)c1ccc(-c2ccc3c(c2)CCN(C2CCN(C4CCCC4)C2)C3=O)cc1. The van der Waals surface area contributed by atoms with Gasteiger partial charge in [0.05, 0.1) is 0 Å². The van der Waals surface area contributed by atoms with Crippen LogP contribution in [0.2, 0.25) is 0 Å². The zero-order valence-electron chi connectivity index (χ0n) is 17.8. The molecule has 0 aromatic heterocycles. The molecule has 31 heavy (non-hydrogen) atoms. The predicted molar refractivity (Wildman–Crippen MR) is 125 cm³/mol. The second kappa shape index (κ2) is 9.01. The zero-order chi connectivity index (χ0) is 20.7. The van der Waals surface area contributed by atoms with E-state index in [1.807, 2.05) is 24.3 Å². The van der Waals surface area contributed by atoms with Gasteiger partial charge in [0.2, 0.25) is 5.91 Å². The molecule has 2 amide bonds. The van der Waals surface area contributed by atoms with Gasteiger partial charge in [0.25, 0.3) is 5.91 Å². The highest BCUT2D eigenvalue weighted by molar-refractivity contribution is 5.98. The van der Waals surface area contributed by atoms with Gasteiger partial charge in [-0.3, -0.25) is 14.5 Å². The monoisotopic (exact) mass is 439 g/mol. The first-order valence-corrected chi connectivity index (χ1v) is 11.2. The molecular formula is C25H30ClN3O2. The third-order valence-electron chi connectivity index (χ3n) is 7.20. The van der Waals surface area contributed by atoms with Crippen LogP contribution < -0.4 is 5.73 Å². The Morgan fingerprint density at radius 1 is 0.903 bits per heavy atom. The van der Waals surface area contributed by atoms with Crippen molar-refractivity contribution >= 4 is 24.2 Å². The number of nitrogens with two attached hydrogens (primary N) is 1. The number of nitrogens with zero attached hydrogens (tertiary/aromatic N) is 2. The summed E-state index contributed by atoms with van der Waals surface area (Å²) in [6.45, 7) is 2.97. The van der Waals surface area contributed by atoms with Crippen molar-refractivity contribution in [2.24, 2.45) is 5.73 Å². The maximum atomic E-state index is 13.3. The molecule has 0 radical (unpaired) electrons. The summed E-state index contributed by atoms with van der Waals surface area (Å²) in [5.74, 6) is -0.235. The van der Waals surface area contributed by atoms with Gasteiger partial charge in [-0.05, 0) is 60.6 Å². The number of hydrogen-bond donors (Lipinski definition) is 1. The molecule has 2 aromatic rings. The highest BCUT2D eigenvalue weighted by atomic mass is 35.5. The number of carbonyl (C=O) groups excluding carboxylic acids is 2. The lowest BCUT2D eigenvalue weighted by Crippen LogP contribution is -2.46. The van der Waals surface area contributed by atoms with E-state index in [-0.39, 0.29) is 18.3 Å². The van der Waals surface area contributed by atoms with Crippen LogP contribution in [0.5, 0.6) is 0 Å². The average Bonchev–Trinajstić information content (AvgIpc) is 3.46. The summed E-state index contributed by atoms with van der Waals surface area (Å²) in [5, 5.41) is 0. The molecule has 2 aliphatic heterocycles. The van der Waals surface area contributed by atoms with Crippen LogP contribution in [0.4, 0.5) is 0 Å². The first-order valence-electron chi connectivity index (χ1n) is 11.2. The molecule has 1 atom stereocenters. The molecule has 2 N–H and O–H groups in total. The Labute approximate surface area is 190 Å². The minimum Gasteiger partial charge on any atom is -0.366 e. The van der Waals surface area contributed by atoms with Crippen molar-refractivity contribution in [3.8, 4) is 11.1 Å². The maximum Gasteiger partial charge on any atom is 0.254 e. The van der Waals surface area contributed by atoms with Crippen LogP contribution in [-0.2, 0) is 6.42 Å². The Kier molecular flexibility index (Phi) is 6.35. The van der Waals surface area contributed by atoms with Crippen LogP contribution in [0.3, 0.4) is 0 Å². The summed E-state index contributed by atoms with van der Waals surface area (Å²) in [4.78, 5) is 29.3. The molecule has 2 aromatic carbocycles. The van der Waals surface area contributed by atoms with Gasteiger partial charge in [0.15, 0.2) is 0 Å². The molecule has 1 aliphatic carbocycles. The second-order valence-corrected chi connectivity index (χ2v) is 8.94. The van der Waals surface area contributed by atoms with Crippen molar-refractivity contribution in [2.75, 3.05) is 19.6 Å². The summed E-state index contributed by atoms with van der Waals surface area (Å²) in [5.41, 5.74) is 9.90. The number of fused-ring (bicyclic) bond motifs is 1. The molecule has 1 saturated carbocycles. The highest BCUT2D eigenvalue weighted by Gasteiger charge is 2.36. The van der Waals surface area contributed by atoms with Gasteiger partial charge in [-0.15, -0.1) is 12.4 Å². The number of rotatable bonds is 4. The van der Waals surface area contributed by atoms with Crippen LogP contribution in [0, 0.1) is 0 Å². The van der Waals surface area contributed by atoms with Crippen molar-refractivity contribution < 1.29 is 9.59 Å². The normalized spacial score (nSPS) is 21.7. The molecule has 5 nitrogen and oxygen atoms in total. The minimum atomic E-state index is -0.420. The summed E-state index contributed by atoms with van der Waals surface area (Å²) >= 11 is 0. The summed E-state index contributed by atoms with van der Waals surface area (Å²) in [6, 6.07) is 14.5. The van der Waals surface area contributed by atoms with Crippen LogP contribution in [0.15, 0.2) is 42.5 Å². The van der Waals surface area contributed by atoms with E-state index in [1.165, 1.54) is 25.7 Å². The second-order valence-electron chi connectivity index (χ2n) is 8.94. The summed E-state index contributed by atoms with van der Waals surface area (Å²) in [7, 11) is 0. The van der Waals surface area contributed by atoms with Gasteiger partial charge in [-0.25, -0.2) is 0 Å². The third kappa shape index (κ3) is 4.21. The largest absolute Gasteiger partial charge is 0.366 e. The van der Waals surface area contributed by atoms with Gasteiger partial charge in [-0.2, -0.15) is 0 Å². The standard InChI is InChI=1S/C25H29N3O2.ClH/c26-24(29)18-7-5-17(6-8-18)19-9-10-23-20(15-19)11-14-28(25(23)30)22-12-13-27(16-22)21-3-1-2-4-21;/h5-10,15,21-22H,1-4,11-14,16H2,(H2,26,29);1H. The van der Waals surface area contributed by atoms with E-state index in [2.05, 4.69) is 15.9 Å². The third-order valence-corrected chi connectivity index (χ3v) is 7.20. The molecule has 0 bridgehead atoms.